The molecule has 0 aromatic rings. The van der Waals surface area contributed by atoms with Crippen LogP contribution in [0.5, 0.6) is 0 Å². The Bertz CT molecular complexity index is 1200. The molecule has 0 aliphatic rings. The molecule has 2 atom stereocenters. The van der Waals surface area contributed by atoms with Gasteiger partial charge in [-0.2, -0.15) is 0 Å². The molecular weight excluding hydrogens is 894 g/mol. The molecule has 0 heterocycles. The minimum absolute atomic E-state index is 0.0540. The van der Waals surface area contributed by atoms with Crippen molar-refractivity contribution in [3.63, 3.8) is 0 Å². The van der Waals surface area contributed by atoms with E-state index in [1.54, 1.807) is 0 Å². The van der Waals surface area contributed by atoms with Gasteiger partial charge in [0.1, 0.15) is 6.61 Å². The van der Waals surface area contributed by atoms with Gasteiger partial charge in [0.15, 0.2) is 6.10 Å². The maximum atomic E-state index is 12.7. The van der Waals surface area contributed by atoms with Gasteiger partial charge in [-0.25, -0.2) is 4.57 Å². The molecule has 0 amide bonds. The highest BCUT2D eigenvalue weighted by Gasteiger charge is 2.26. The van der Waals surface area contributed by atoms with Crippen molar-refractivity contribution in [1.29, 1.82) is 0 Å². The first kappa shape index (κ1) is 68.5. The van der Waals surface area contributed by atoms with Gasteiger partial charge in [-0.1, -0.05) is 282 Å². The van der Waals surface area contributed by atoms with Crippen molar-refractivity contribution < 1.29 is 37.6 Å². The maximum absolute atomic E-state index is 12.7. The first-order valence-electron chi connectivity index (χ1n) is 30.3. The molecule has 0 radical (unpaired) electrons. The summed E-state index contributed by atoms with van der Waals surface area (Å²) in [5, 5.41) is 0. The fourth-order valence-corrected chi connectivity index (χ4v) is 9.85. The number of allylic oxidation sites excluding steroid dienone is 4. The third-order valence-electron chi connectivity index (χ3n) is 13.6. The van der Waals surface area contributed by atoms with Gasteiger partial charge in [-0.15, -0.1) is 0 Å². The molecule has 3 N–H and O–H groups in total. The molecule has 0 aliphatic carbocycles. The third kappa shape index (κ3) is 55.8. The normalized spacial score (nSPS) is 13.1. The second-order valence-corrected chi connectivity index (χ2v) is 22.0. The number of nitrogens with two attached hydrogens (primary N) is 1. The lowest BCUT2D eigenvalue weighted by Crippen LogP contribution is -2.29. The van der Waals surface area contributed by atoms with E-state index in [2.05, 4.69) is 38.2 Å². The summed E-state index contributed by atoms with van der Waals surface area (Å²) in [6.07, 6.45) is 66.8. The second kappa shape index (κ2) is 56.8. The van der Waals surface area contributed by atoms with Crippen LogP contribution in [0.4, 0.5) is 0 Å². The van der Waals surface area contributed by atoms with Gasteiger partial charge in [0.05, 0.1) is 13.2 Å². The minimum Gasteiger partial charge on any atom is -0.462 e. The number of unbranched alkanes of at least 4 members (excludes halogenated alkanes) is 41. The lowest BCUT2D eigenvalue weighted by molar-refractivity contribution is -0.161. The Labute approximate surface area is 433 Å². The molecule has 0 aromatic carbocycles. The number of phosphoric ester groups is 1. The van der Waals surface area contributed by atoms with Crippen molar-refractivity contribution in [2.24, 2.45) is 5.73 Å². The fourth-order valence-electron chi connectivity index (χ4n) is 9.08. The van der Waals surface area contributed by atoms with Gasteiger partial charge in [-0.3, -0.25) is 18.6 Å². The van der Waals surface area contributed by atoms with E-state index in [-0.39, 0.29) is 38.6 Å². The van der Waals surface area contributed by atoms with Gasteiger partial charge in [0.2, 0.25) is 0 Å². The molecule has 0 aliphatic heterocycles. The van der Waals surface area contributed by atoms with E-state index in [1.165, 1.54) is 231 Å². The van der Waals surface area contributed by atoms with Gasteiger partial charge in [0.25, 0.3) is 0 Å². The van der Waals surface area contributed by atoms with E-state index in [9.17, 15) is 19.0 Å². The summed E-state index contributed by atoms with van der Waals surface area (Å²) in [6, 6.07) is 0. The van der Waals surface area contributed by atoms with E-state index in [4.69, 9.17) is 24.3 Å². The van der Waals surface area contributed by atoms with Crippen molar-refractivity contribution in [3.8, 4) is 0 Å². The Morgan fingerprint density at radius 2 is 0.743 bits per heavy atom. The first-order valence-corrected chi connectivity index (χ1v) is 31.8. The second-order valence-electron chi connectivity index (χ2n) is 20.6. The van der Waals surface area contributed by atoms with Gasteiger partial charge in [-0.05, 0) is 44.9 Å². The number of rotatable bonds is 58. The number of hydrogen-bond donors (Lipinski definition) is 2. The van der Waals surface area contributed by atoms with E-state index in [0.717, 1.165) is 51.4 Å². The minimum atomic E-state index is -4.39. The first-order chi connectivity index (χ1) is 34.3. The lowest BCUT2D eigenvalue weighted by Gasteiger charge is -2.19. The van der Waals surface area contributed by atoms with Crippen molar-refractivity contribution in [2.45, 2.75) is 322 Å². The zero-order chi connectivity index (χ0) is 51.0. The molecule has 0 rings (SSSR count). The van der Waals surface area contributed by atoms with Crippen LogP contribution in [0.2, 0.25) is 0 Å². The molecule has 0 aromatic heterocycles. The van der Waals surface area contributed by atoms with Gasteiger partial charge in [0, 0.05) is 19.4 Å². The summed E-state index contributed by atoms with van der Waals surface area (Å²) in [4.78, 5) is 35.2. The molecule has 0 saturated heterocycles. The molecule has 9 nitrogen and oxygen atoms in total. The van der Waals surface area contributed by atoms with E-state index < -0.39 is 26.5 Å². The predicted molar refractivity (Wildman–Crippen MR) is 298 cm³/mol. The molecule has 10 heteroatoms. The highest BCUT2D eigenvalue weighted by atomic mass is 31.2. The third-order valence-corrected chi connectivity index (χ3v) is 14.6. The highest BCUT2D eigenvalue weighted by molar-refractivity contribution is 7.47. The van der Waals surface area contributed by atoms with Crippen LogP contribution in [0.1, 0.15) is 316 Å². The molecule has 70 heavy (non-hydrogen) atoms. The summed E-state index contributed by atoms with van der Waals surface area (Å²) in [5.41, 5.74) is 5.38. The van der Waals surface area contributed by atoms with Crippen LogP contribution in [0.3, 0.4) is 0 Å². The van der Waals surface area contributed by atoms with E-state index in [1.807, 2.05) is 0 Å². The Hall–Kier alpha value is -1.51. The Morgan fingerprint density at radius 1 is 0.429 bits per heavy atom. The summed E-state index contributed by atoms with van der Waals surface area (Å²) in [7, 11) is -4.39. The standard InChI is InChI=1S/C60H116NO8P/c1-3-5-7-9-11-13-15-17-19-21-23-24-25-26-27-28-29-30-31-32-33-34-35-37-38-40-42-44-46-48-50-52-59(62)66-56-58(57-68-70(64,65)67-55-54-61)69-60(63)53-51-49-47-45-43-41-39-36-22-20-18-16-14-12-10-8-6-4-2/h14,16,20,22,58H,3-13,15,17-19,21,23-57,61H2,1-2H3,(H,64,65)/b16-14-,22-20-. The monoisotopic (exact) mass is 1010 g/mol. The fraction of sp³-hybridized carbons (Fsp3) is 0.900. The SMILES string of the molecule is CCCCCC/C=C\C/C=C\CCCCCCCCCC(=O)OC(COC(=O)CCCCCCCCCCCCCCCCCCCCCCCCCCCCCCCCC)COP(=O)(O)OCCN. The number of hydrogen-bond acceptors (Lipinski definition) is 8. The molecule has 0 spiro atoms. The molecule has 2 unspecified atom stereocenters. The highest BCUT2D eigenvalue weighted by Crippen LogP contribution is 2.43. The summed E-state index contributed by atoms with van der Waals surface area (Å²) in [6.45, 7) is 3.77. The Balaban J connectivity index is 3.85. The molecule has 0 fully saturated rings. The maximum Gasteiger partial charge on any atom is 0.472 e. The van der Waals surface area contributed by atoms with Gasteiger partial charge < -0.3 is 20.1 Å². The van der Waals surface area contributed by atoms with Crippen molar-refractivity contribution in [2.75, 3.05) is 26.4 Å². The predicted octanol–water partition coefficient (Wildman–Crippen LogP) is 19.0. The summed E-state index contributed by atoms with van der Waals surface area (Å²) < 4.78 is 33.0. The lowest BCUT2D eigenvalue weighted by atomic mass is 10.0. The largest absolute Gasteiger partial charge is 0.472 e. The van der Waals surface area contributed by atoms with Crippen LogP contribution in [0.15, 0.2) is 24.3 Å². The quantitative estimate of drug-likeness (QED) is 0.0264. The number of phosphoric acid groups is 1. The Kier molecular flexibility index (Phi) is 55.6. The Morgan fingerprint density at radius 3 is 1.10 bits per heavy atom. The van der Waals surface area contributed by atoms with Crippen molar-refractivity contribution in [1.82, 2.24) is 0 Å². The van der Waals surface area contributed by atoms with E-state index in [0.29, 0.717) is 6.42 Å². The zero-order valence-electron chi connectivity index (χ0n) is 46.3. The molecule has 0 bridgehead atoms. The van der Waals surface area contributed by atoms with E-state index >= 15 is 0 Å². The van der Waals surface area contributed by atoms with Crippen LogP contribution >= 0.6 is 7.82 Å². The average Bonchev–Trinajstić information content (AvgIpc) is 3.35. The van der Waals surface area contributed by atoms with Crippen molar-refractivity contribution in [3.05, 3.63) is 24.3 Å². The van der Waals surface area contributed by atoms with Crippen LogP contribution in [0.25, 0.3) is 0 Å². The smallest absolute Gasteiger partial charge is 0.462 e. The number of esters is 2. The average molecular weight is 1010 g/mol. The molecule has 0 saturated carbocycles. The summed E-state index contributed by atoms with van der Waals surface area (Å²) >= 11 is 0. The number of carbonyl (C=O) groups excluding carboxylic acids is 2. The van der Waals surface area contributed by atoms with Crippen LogP contribution in [-0.2, 0) is 32.7 Å². The van der Waals surface area contributed by atoms with Crippen LogP contribution in [-0.4, -0.2) is 49.3 Å². The number of ether oxygens (including phenoxy) is 2. The van der Waals surface area contributed by atoms with Crippen LogP contribution in [0, 0.1) is 0 Å². The summed E-state index contributed by atoms with van der Waals surface area (Å²) in [5.74, 6) is -0.820. The van der Waals surface area contributed by atoms with Crippen molar-refractivity contribution >= 4 is 19.8 Å². The molecule has 414 valence electrons. The zero-order valence-corrected chi connectivity index (χ0v) is 47.2. The number of carbonyl (C=O) groups is 2. The van der Waals surface area contributed by atoms with Gasteiger partial charge >= 0.3 is 19.8 Å². The topological polar surface area (TPSA) is 134 Å². The molecular formula is C60H116NO8P. The van der Waals surface area contributed by atoms with Crippen LogP contribution < -0.4 is 5.73 Å².